The Morgan fingerprint density at radius 2 is 1.78 bits per heavy atom. The number of hydrogen-bond donors (Lipinski definition) is 1. The average Bonchev–Trinajstić information content (AvgIpc) is 2.53. The summed E-state index contributed by atoms with van der Waals surface area (Å²) in [4.78, 5) is 13.0. The Bertz CT molecular complexity index is 729. The number of anilines is 1. The van der Waals surface area contributed by atoms with Crippen molar-refractivity contribution in [2.75, 3.05) is 11.4 Å². The van der Waals surface area contributed by atoms with Crippen molar-refractivity contribution in [3.05, 3.63) is 59.7 Å². The van der Waals surface area contributed by atoms with Gasteiger partial charge in [0.15, 0.2) is 0 Å². The van der Waals surface area contributed by atoms with Crippen LogP contribution >= 0.6 is 0 Å². The van der Waals surface area contributed by atoms with E-state index < -0.39 is 23.9 Å². The number of carbonyl (C=O) groups excluding carboxylic acids is 1. The molecule has 1 unspecified atom stereocenters. The van der Waals surface area contributed by atoms with Gasteiger partial charge in [-0.15, -0.1) is 0 Å². The molecule has 120 valence electrons. The molecule has 3 rings (SSSR count). The summed E-state index contributed by atoms with van der Waals surface area (Å²) in [6, 6.07) is 10.9. The van der Waals surface area contributed by atoms with Crippen molar-refractivity contribution in [2.45, 2.75) is 12.3 Å². The first-order valence-electron chi connectivity index (χ1n) is 6.86. The molecule has 0 fully saturated rings. The molecule has 2 amide bonds. The molecule has 1 aliphatic heterocycles. The normalized spacial score (nSPS) is 17.3. The highest BCUT2D eigenvalue weighted by Gasteiger charge is 2.32. The number of rotatable bonds is 1. The van der Waals surface area contributed by atoms with E-state index in [9.17, 15) is 18.0 Å². The first kappa shape index (κ1) is 15.2. The van der Waals surface area contributed by atoms with E-state index in [2.05, 4.69) is 0 Å². The zero-order valence-electron chi connectivity index (χ0n) is 11.9. The van der Waals surface area contributed by atoms with Crippen molar-refractivity contribution in [3.63, 3.8) is 0 Å². The number of amides is 2. The number of urea groups is 1. The van der Waals surface area contributed by atoms with Gasteiger partial charge in [0.2, 0.25) is 0 Å². The van der Waals surface area contributed by atoms with Crippen LogP contribution in [0.4, 0.5) is 23.7 Å². The van der Waals surface area contributed by atoms with Crippen molar-refractivity contribution in [2.24, 2.45) is 5.73 Å². The average molecular weight is 322 g/mol. The number of nitrogens with two attached hydrogens (primary N) is 1. The molecule has 0 saturated carbocycles. The number of ether oxygens (including phenoxy) is 1. The van der Waals surface area contributed by atoms with Crippen molar-refractivity contribution < 1.29 is 22.7 Å². The molecule has 0 aliphatic carbocycles. The van der Waals surface area contributed by atoms with Crippen molar-refractivity contribution in [1.82, 2.24) is 0 Å². The summed E-state index contributed by atoms with van der Waals surface area (Å²) in [6.07, 6.45) is -4.97. The third kappa shape index (κ3) is 2.94. The number of fused-ring (bicyclic) bond motifs is 1. The van der Waals surface area contributed by atoms with E-state index >= 15 is 0 Å². The summed E-state index contributed by atoms with van der Waals surface area (Å²) in [7, 11) is 0. The Balaban J connectivity index is 1.91. The van der Waals surface area contributed by atoms with Crippen molar-refractivity contribution in [1.29, 1.82) is 0 Å². The van der Waals surface area contributed by atoms with Gasteiger partial charge in [0.1, 0.15) is 11.9 Å². The SMILES string of the molecule is NC(=O)N1CC(c2ccc(C(F)(F)F)cc2)Oc2ccccc21. The lowest BCUT2D eigenvalue weighted by atomic mass is 10.0. The lowest BCUT2D eigenvalue weighted by molar-refractivity contribution is -0.137. The fourth-order valence-electron chi connectivity index (χ4n) is 2.50. The molecule has 2 aromatic carbocycles. The van der Waals surface area contributed by atoms with Gasteiger partial charge in [0.25, 0.3) is 0 Å². The molecule has 1 atom stereocenters. The maximum Gasteiger partial charge on any atom is 0.416 e. The number of hydrogen-bond acceptors (Lipinski definition) is 2. The Labute approximate surface area is 130 Å². The van der Waals surface area contributed by atoms with Gasteiger partial charge >= 0.3 is 12.2 Å². The van der Waals surface area contributed by atoms with Gasteiger partial charge in [0.05, 0.1) is 17.8 Å². The third-order valence-electron chi connectivity index (χ3n) is 3.65. The number of primary amides is 1. The van der Waals surface area contributed by atoms with Gasteiger partial charge in [-0.05, 0) is 29.8 Å². The Morgan fingerprint density at radius 1 is 1.13 bits per heavy atom. The lowest BCUT2D eigenvalue weighted by Crippen LogP contribution is -2.42. The number of carbonyl (C=O) groups is 1. The van der Waals surface area contributed by atoms with E-state index in [1.807, 2.05) is 0 Å². The van der Waals surface area contributed by atoms with Crippen LogP contribution in [0.25, 0.3) is 0 Å². The standard InChI is InChI=1S/C16H13F3N2O2/c17-16(18,19)11-7-5-10(6-8-11)14-9-21(15(20)22)12-3-1-2-4-13(12)23-14/h1-8,14H,9H2,(H2,20,22). The predicted molar refractivity (Wildman–Crippen MR) is 78.2 cm³/mol. The van der Waals surface area contributed by atoms with Crippen LogP contribution in [-0.2, 0) is 6.18 Å². The van der Waals surface area contributed by atoms with Gasteiger partial charge in [0, 0.05) is 0 Å². The first-order chi connectivity index (χ1) is 10.9. The largest absolute Gasteiger partial charge is 0.482 e. The molecule has 1 heterocycles. The van der Waals surface area contributed by atoms with Crippen LogP contribution in [0.1, 0.15) is 17.2 Å². The number of alkyl halides is 3. The van der Waals surface area contributed by atoms with Crippen molar-refractivity contribution >= 4 is 11.7 Å². The van der Waals surface area contributed by atoms with E-state index in [4.69, 9.17) is 10.5 Å². The molecule has 23 heavy (non-hydrogen) atoms. The smallest absolute Gasteiger partial charge is 0.416 e. The summed E-state index contributed by atoms with van der Waals surface area (Å²) < 4.78 is 43.7. The summed E-state index contributed by atoms with van der Waals surface area (Å²) in [5, 5.41) is 0. The zero-order valence-corrected chi connectivity index (χ0v) is 11.9. The van der Waals surface area contributed by atoms with Crippen LogP contribution in [-0.4, -0.2) is 12.6 Å². The number of nitrogens with zero attached hydrogens (tertiary/aromatic N) is 1. The van der Waals surface area contributed by atoms with E-state index in [1.165, 1.54) is 17.0 Å². The maximum absolute atomic E-state index is 12.6. The molecule has 0 spiro atoms. The summed E-state index contributed by atoms with van der Waals surface area (Å²) in [5.74, 6) is 0.461. The highest BCUT2D eigenvalue weighted by molar-refractivity contribution is 5.93. The van der Waals surface area contributed by atoms with Crippen LogP contribution in [0.15, 0.2) is 48.5 Å². The van der Waals surface area contributed by atoms with Gasteiger partial charge in [-0.3, -0.25) is 4.90 Å². The molecular formula is C16H13F3N2O2. The van der Waals surface area contributed by atoms with Crippen LogP contribution in [0.5, 0.6) is 5.75 Å². The molecule has 7 heteroatoms. The zero-order chi connectivity index (χ0) is 16.6. The third-order valence-corrected chi connectivity index (χ3v) is 3.65. The molecular weight excluding hydrogens is 309 g/mol. The second kappa shape index (κ2) is 5.49. The summed E-state index contributed by atoms with van der Waals surface area (Å²) in [6.45, 7) is 0.137. The lowest BCUT2D eigenvalue weighted by Gasteiger charge is -2.34. The van der Waals surface area contributed by atoms with Gasteiger partial charge < -0.3 is 10.5 Å². The van der Waals surface area contributed by atoms with Crippen molar-refractivity contribution in [3.8, 4) is 5.75 Å². The van der Waals surface area contributed by atoms with Gasteiger partial charge in [-0.1, -0.05) is 24.3 Å². The quantitative estimate of drug-likeness (QED) is 0.870. The predicted octanol–water partition coefficient (Wildman–Crippen LogP) is 3.72. The Hall–Kier alpha value is -2.70. The van der Waals surface area contributed by atoms with Crippen LogP contribution < -0.4 is 15.4 Å². The molecule has 2 aromatic rings. The van der Waals surface area contributed by atoms with E-state index in [0.29, 0.717) is 17.0 Å². The molecule has 0 saturated heterocycles. The minimum absolute atomic E-state index is 0.137. The topological polar surface area (TPSA) is 55.6 Å². The number of para-hydroxylation sites is 2. The number of benzene rings is 2. The monoisotopic (exact) mass is 322 g/mol. The fraction of sp³-hybridized carbons (Fsp3) is 0.188. The maximum atomic E-state index is 12.6. The van der Waals surface area contributed by atoms with E-state index in [1.54, 1.807) is 24.3 Å². The summed E-state index contributed by atoms with van der Waals surface area (Å²) >= 11 is 0. The van der Waals surface area contributed by atoms with Gasteiger partial charge in [-0.2, -0.15) is 13.2 Å². The van der Waals surface area contributed by atoms with Crippen LogP contribution in [0.3, 0.4) is 0 Å². The molecule has 2 N–H and O–H groups in total. The molecule has 4 nitrogen and oxygen atoms in total. The molecule has 0 bridgehead atoms. The fourth-order valence-corrected chi connectivity index (χ4v) is 2.50. The van der Waals surface area contributed by atoms with Crippen LogP contribution in [0, 0.1) is 0 Å². The van der Waals surface area contributed by atoms with Crippen LogP contribution in [0.2, 0.25) is 0 Å². The van der Waals surface area contributed by atoms with Gasteiger partial charge in [-0.25, -0.2) is 4.79 Å². The second-order valence-corrected chi connectivity index (χ2v) is 5.14. The minimum atomic E-state index is -4.39. The Morgan fingerprint density at radius 3 is 2.39 bits per heavy atom. The first-order valence-corrected chi connectivity index (χ1v) is 6.86. The van der Waals surface area contributed by atoms with E-state index in [0.717, 1.165) is 12.1 Å². The van der Waals surface area contributed by atoms with E-state index in [-0.39, 0.29) is 6.54 Å². The molecule has 0 radical (unpaired) electrons. The number of halogens is 3. The highest BCUT2D eigenvalue weighted by Crippen LogP contribution is 2.38. The molecule has 0 aromatic heterocycles. The molecule has 1 aliphatic rings. The minimum Gasteiger partial charge on any atom is -0.482 e. The summed E-state index contributed by atoms with van der Waals surface area (Å²) in [5.41, 5.74) is 5.74. The highest BCUT2D eigenvalue weighted by atomic mass is 19.4. The second-order valence-electron chi connectivity index (χ2n) is 5.14. The Kier molecular flexibility index (Phi) is 3.63.